The Bertz CT molecular complexity index is 789. The monoisotopic (exact) mass is 256 g/mol. The first-order valence-corrected chi connectivity index (χ1v) is 5.77. The molecule has 0 atom stereocenters. The van der Waals surface area contributed by atoms with Crippen LogP contribution in [-0.2, 0) is 0 Å². The molecule has 4 heteroatoms. The molecule has 1 aromatic carbocycles. The lowest BCUT2D eigenvalue weighted by molar-refractivity contribution is 0.653. The molecule has 0 bridgehead atoms. The summed E-state index contributed by atoms with van der Waals surface area (Å²) in [4.78, 5) is 4.14. The second-order valence-electron chi connectivity index (χ2n) is 3.89. The fourth-order valence-corrected chi connectivity index (χ4v) is 2.12. The average molecular weight is 257 g/mol. The summed E-state index contributed by atoms with van der Waals surface area (Å²) in [5, 5.41) is 10.1. The van der Waals surface area contributed by atoms with Gasteiger partial charge in [-0.1, -0.05) is 30.3 Å². The third-order valence-corrected chi connectivity index (χ3v) is 3.04. The van der Waals surface area contributed by atoms with Crippen molar-refractivity contribution in [1.82, 2.24) is 4.98 Å². The molecule has 0 saturated heterocycles. The molecule has 18 heavy (non-hydrogen) atoms. The minimum Gasteiger partial charge on any atom is -0.437 e. The first kappa shape index (κ1) is 11.0. The molecule has 0 unspecified atom stereocenters. The number of aromatic nitrogens is 1. The van der Waals surface area contributed by atoms with Gasteiger partial charge >= 0.3 is 0 Å². The Labute approximate surface area is 108 Å². The van der Waals surface area contributed by atoms with E-state index in [0.29, 0.717) is 27.7 Å². The van der Waals surface area contributed by atoms with Crippen LogP contribution in [0.4, 0.5) is 0 Å². The maximum atomic E-state index is 7.85. The van der Waals surface area contributed by atoms with Gasteiger partial charge in [-0.25, -0.2) is 4.98 Å². The molecule has 2 heterocycles. The van der Waals surface area contributed by atoms with Crippen molar-refractivity contribution in [3.05, 3.63) is 53.7 Å². The molecule has 0 amide bonds. The van der Waals surface area contributed by atoms with Crippen molar-refractivity contribution in [3.8, 4) is 0 Å². The number of hydrogen-bond donors (Lipinski definition) is 1. The van der Waals surface area contributed by atoms with E-state index in [1.165, 1.54) is 6.08 Å². The molecule has 1 N–H and O–H groups in total. The SMILES string of the molecule is C=CC(=N)c1cccc2c1oc1nc(Cl)ccc12. The van der Waals surface area contributed by atoms with Crippen LogP contribution in [0.15, 0.2) is 47.4 Å². The van der Waals surface area contributed by atoms with E-state index in [1.807, 2.05) is 24.3 Å². The number of para-hydroxylation sites is 1. The molecule has 0 aliphatic carbocycles. The summed E-state index contributed by atoms with van der Waals surface area (Å²) in [6.45, 7) is 3.61. The third-order valence-electron chi connectivity index (χ3n) is 2.82. The van der Waals surface area contributed by atoms with Crippen molar-refractivity contribution >= 4 is 39.4 Å². The normalized spacial score (nSPS) is 10.9. The van der Waals surface area contributed by atoms with Crippen LogP contribution >= 0.6 is 11.6 Å². The van der Waals surface area contributed by atoms with Gasteiger partial charge in [0.25, 0.3) is 0 Å². The van der Waals surface area contributed by atoms with Crippen molar-refractivity contribution in [2.45, 2.75) is 0 Å². The van der Waals surface area contributed by atoms with Gasteiger partial charge in [0.2, 0.25) is 5.71 Å². The largest absolute Gasteiger partial charge is 0.437 e. The summed E-state index contributed by atoms with van der Waals surface area (Å²) in [7, 11) is 0. The molecule has 0 spiro atoms. The minimum absolute atomic E-state index is 0.325. The number of rotatable bonds is 2. The van der Waals surface area contributed by atoms with E-state index in [9.17, 15) is 0 Å². The molecule has 3 aromatic rings. The van der Waals surface area contributed by atoms with E-state index in [1.54, 1.807) is 6.07 Å². The average Bonchev–Trinajstić information content (AvgIpc) is 2.74. The number of hydrogen-bond acceptors (Lipinski definition) is 3. The third kappa shape index (κ3) is 1.52. The van der Waals surface area contributed by atoms with Crippen LogP contribution < -0.4 is 0 Å². The molecule has 0 saturated carbocycles. The van der Waals surface area contributed by atoms with E-state index in [-0.39, 0.29) is 0 Å². The van der Waals surface area contributed by atoms with Gasteiger partial charge in [0, 0.05) is 16.3 Å². The number of nitrogens with one attached hydrogen (secondary N) is 1. The molecular weight excluding hydrogens is 248 g/mol. The maximum Gasteiger partial charge on any atom is 0.228 e. The van der Waals surface area contributed by atoms with E-state index < -0.39 is 0 Å². The van der Waals surface area contributed by atoms with Gasteiger partial charge in [-0.05, 0) is 24.3 Å². The van der Waals surface area contributed by atoms with Gasteiger partial charge < -0.3 is 9.83 Å². The Kier molecular flexibility index (Phi) is 2.42. The highest BCUT2D eigenvalue weighted by Crippen LogP contribution is 2.30. The molecule has 0 aliphatic rings. The van der Waals surface area contributed by atoms with Gasteiger partial charge in [-0.15, -0.1) is 0 Å². The summed E-state index contributed by atoms with van der Waals surface area (Å²) in [6, 6.07) is 9.26. The molecule has 3 nitrogen and oxygen atoms in total. The van der Waals surface area contributed by atoms with Crippen molar-refractivity contribution in [1.29, 1.82) is 5.41 Å². The highest BCUT2D eigenvalue weighted by Gasteiger charge is 2.13. The number of allylic oxidation sites excluding steroid dienone is 1. The Balaban J connectivity index is 2.45. The first-order valence-electron chi connectivity index (χ1n) is 5.40. The summed E-state index contributed by atoms with van der Waals surface area (Å²) < 4.78 is 5.70. The zero-order chi connectivity index (χ0) is 12.7. The van der Waals surface area contributed by atoms with Crippen molar-refractivity contribution in [2.75, 3.05) is 0 Å². The number of furan rings is 1. The van der Waals surface area contributed by atoms with Crippen LogP contribution in [0.2, 0.25) is 5.15 Å². The van der Waals surface area contributed by atoms with Crippen LogP contribution in [-0.4, -0.2) is 10.7 Å². The lowest BCUT2D eigenvalue weighted by Gasteiger charge is -1.98. The Morgan fingerprint density at radius 1 is 1.28 bits per heavy atom. The molecule has 0 fully saturated rings. The maximum absolute atomic E-state index is 7.85. The quantitative estimate of drug-likeness (QED) is 0.552. The van der Waals surface area contributed by atoms with Gasteiger partial charge in [0.1, 0.15) is 10.7 Å². The topological polar surface area (TPSA) is 49.9 Å². The highest BCUT2D eigenvalue weighted by atomic mass is 35.5. The minimum atomic E-state index is 0.325. The zero-order valence-electron chi connectivity index (χ0n) is 9.40. The first-order chi connectivity index (χ1) is 8.70. The standard InChI is InChI=1S/C14H9ClN2O/c1-2-11(16)10-5-3-4-8-9-6-7-12(15)17-14(9)18-13(8)10/h2-7,16H,1H2. The van der Waals surface area contributed by atoms with E-state index >= 15 is 0 Å². The molecule has 0 aliphatic heterocycles. The smallest absolute Gasteiger partial charge is 0.228 e. The molecule has 2 aromatic heterocycles. The molecule has 88 valence electrons. The van der Waals surface area contributed by atoms with Gasteiger partial charge in [-0.3, -0.25) is 0 Å². The number of pyridine rings is 1. The van der Waals surface area contributed by atoms with Crippen LogP contribution in [0.5, 0.6) is 0 Å². The van der Waals surface area contributed by atoms with Gasteiger partial charge in [0.05, 0.1) is 5.71 Å². The number of benzene rings is 1. The Morgan fingerprint density at radius 2 is 2.11 bits per heavy atom. The molecule has 0 radical (unpaired) electrons. The number of nitrogens with zero attached hydrogens (tertiary/aromatic N) is 1. The van der Waals surface area contributed by atoms with Crippen molar-refractivity contribution in [3.63, 3.8) is 0 Å². The second-order valence-corrected chi connectivity index (χ2v) is 4.28. The molecular formula is C14H9ClN2O. The van der Waals surface area contributed by atoms with E-state index in [4.69, 9.17) is 21.4 Å². The van der Waals surface area contributed by atoms with Gasteiger partial charge in [-0.2, -0.15) is 0 Å². The van der Waals surface area contributed by atoms with E-state index in [2.05, 4.69) is 11.6 Å². The van der Waals surface area contributed by atoms with Crippen LogP contribution in [0.25, 0.3) is 22.1 Å². The number of fused-ring (bicyclic) bond motifs is 3. The number of halogens is 1. The lowest BCUT2D eigenvalue weighted by Crippen LogP contribution is -1.93. The summed E-state index contributed by atoms with van der Waals surface area (Å²) >= 11 is 5.85. The second kappa shape index (κ2) is 3.96. The van der Waals surface area contributed by atoms with Crippen molar-refractivity contribution < 1.29 is 4.42 Å². The van der Waals surface area contributed by atoms with Crippen LogP contribution in [0.3, 0.4) is 0 Å². The van der Waals surface area contributed by atoms with Crippen LogP contribution in [0, 0.1) is 5.41 Å². The Morgan fingerprint density at radius 3 is 2.89 bits per heavy atom. The Hall–Kier alpha value is -2.13. The predicted molar refractivity (Wildman–Crippen MR) is 73.6 cm³/mol. The molecule has 3 rings (SSSR count). The van der Waals surface area contributed by atoms with Crippen LogP contribution in [0.1, 0.15) is 5.56 Å². The summed E-state index contributed by atoms with van der Waals surface area (Å²) in [5.74, 6) is 0. The fraction of sp³-hybridized carbons (Fsp3) is 0. The summed E-state index contributed by atoms with van der Waals surface area (Å²) in [6.07, 6.45) is 1.49. The van der Waals surface area contributed by atoms with Gasteiger partial charge in [0.15, 0.2) is 0 Å². The van der Waals surface area contributed by atoms with Crippen molar-refractivity contribution in [2.24, 2.45) is 0 Å². The van der Waals surface area contributed by atoms with E-state index in [0.717, 1.165) is 10.8 Å². The lowest BCUT2D eigenvalue weighted by atomic mass is 10.1. The fourth-order valence-electron chi connectivity index (χ4n) is 1.98. The zero-order valence-corrected chi connectivity index (χ0v) is 10.2. The summed E-state index contributed by atoms with van der Waals surface area (Å²) in [5.41, 5.74) is 2.16. The predicted octanol–water partition coefficient (Wildman–Crippen LogP) is 4.19. The highest BCUT2D eigenvalue weighted by molar-refractivity contribution is 6.30.